The summed E-state index contributed by atoms with van der Waals surface area (Å²) in [6.45, 7) is 16.1. The van der Waals surface area contributed by atoms with Crippen LogP contribution in [0, 0.1) is 23.9 Å². The van der Waals surface area contributed by atoms with Gasteiger partial charge in [-0.1, -0.05) is 141 Å². The summed E-state index contributed by atoms with van der Waals surface area (Å²) in [5.74, 6) is 0.775. The van der Waals surface area contributed by atoms with Gasteiger partial charge in [0.1, 0.15) is 17.0 Å². The number of hydrogen-bond donors (Lipinski definition) is 0. The summed E-state index contributed by atoms with van der Waals surface area (Å²) in [4.78, 5) is 9.42. The molecule has 4 aromatic heterocycles. The van der Waals surface area contributed by atoms with Gasteiger partial charge in [-0.3, -0.25) is 0 Å². The topological polar surface area (TPSA) is 52.1 Å². The number of fused-ring (bicyclic) bond motifs is 6. The van der Waals surface area contributed by atoms with Gasteiger partial charge in [0.05, 0.1) is 19.2 Å². The second kappa shape index (κ2) is 16.3. The predicted molar refractivity (Wildman–Crippen MR) is 233 cm³/mol. The summed E-state index contributed by atoms with van der Waals surface area (Å²) in [5.41, 5.74) is 11.5. The summed E-state index contributed by atoms with van der Waals surface area (Å²) < 4.78 is 26.0. The molecule has 0 saturated carbocycles. The van der Waals surface area contributed by atoms with Crippen molar-refractivity contribution in [3.8, 4) is 33.6 Å². The summed E-state index contributed by atoms with van der Waals surface area (Å²) in [6.07, 6.45) is 5.02. The third-order valence-electron chi connectivity index (χ3n) is 10.3. The minimum absolute atomic E-state index is 0. The van der Waals surface area contributed by atoms with E-state index >= 15 is 0 Å². The van der Waals surface area contributed by atoms with Crippen LogP contribution in [0.3, 0.4) is 0 Å². The molecule has 0 saturated heterocycles. The molecule has 7 heteroatoms. The molecule has 0 unspecified atom stereocenters. The van der Waals surface area contributed by atoms with Crippen molar-refractivity contribution in [2.24, 2.45) is 5.92 Å². The smallest absolute Gasteiger partial charge is 0.128 e. The van der Waals surface area contributed by atoms with Gasteiger partial charge in [0, 0.05) is 48.8 Å². The van der Waals surface area contributed by atoms with E-state index in [-0.39, 0.29) is 25.9 Å². The van der Waals surface area contributed by atoms with Crippen LogP contribution < -0.4 is 5.19 Å². The molecule has 289 valence electrons. The fourth-order valence-electron chi connectivity index (χ4n) is 7.55. The van der Waals surface area contributed by atoms with Gasteiger partial charge < -0.3 is 18.8 Å². The summed E-state index contributed by atoms with van der Waals surface area (Å²) >= 11 is 0. The average molecular weight is 945 g/mol. The first-order valence-corrected chi connectivity index (χ1v) is 22.9. The molecule has 5 aromatic carbocycles. The van der Waals surface area contributed by atoms with Gasteiger partial charge in [0.25, 0.3) is 0 Å². The normalized spacial score (nSPS) is 11.8. The van der Waals surface area contributed by atoms with Crippen LogP contribution in [0.5, 0.6) is 0 Å². The maximum atomic E-state index is 13.4. The molecule has 0 bridgehead atoms. The van der Waals surface area contributed by atoms with Crippen molar-refractivity contribution < 1.29 is 33.3 Å². The molecule has 4 nitrogen and oxygen atoms in total. The van der Waals surface area contributed by atoms with Crippen LogP contribution in [0.2, 0.25) is 19.6 Å². The molecule has 1 radical (unpaired) electrons. The van der Waals surface area contributed by atoms with Crippen LogP contribution in [0.1, 0.15) is 44.7 Å². The Balaban J connectivity index is 0.000000172. The average Bonchev–Trinajstić information content (AvgIpc) is 3.77. The van der Waals surface area contributed by atoms with E-state index in [9.17, 15) is 4.39 Å². The zero-order chi connectivity index (χ0) is 39.1. The Morgan fingerprint density at radius 2 is 1.30 bits per heavy atom. The number of rotatable bonds is 7. The zero-order valence-corrected chi connectivity index (χ0v) is 36.7. The number of halogens is 1. The van der Waals surface area contributed by atoms with Gasteiger partial charge in [0.2, 0.25) is 0 Å². The van der Waals surface area contributed by atoms with Crippen LogP contribution >= 0.6 is 0 Å². The van der Waals surface area contributed by atoms with Gasteiger partial charge in [-0.25, -0.2) is 4.39 Å². The fraction of sp³-hybridized carbons (Fsp3) is 0.200. The Hall–Kier alpha value is -5.20. The zero-order valence-electron chi connectivity index (χ0n) is 33.3. The first-order valence-electron chi connectivity index (χ1n) is 19.4. The molecule has 0 spiro atoms. The monoisotopic (exact) mass is 945 g/mol. The Kier molecular flexibility index (Phi) is 11.5. The maximum Gasteiger partial charge on any atom is 0.128 e. The molecule has 0 aliphatic carbocycles. The van der Waals surface area contributed by atoms with Gasteiger partial charge >= 0.3 is 0 Å². The van der Waals surface area contributed by atoms with E-state index in [1.165, 1.54) is 28.4 Å². The first kappa shape index (κ1) is 40.0. The van der Waals surface area contributed by atoms with Crippen LogP contribution in [-0.4, -0.2) is 18.0 Å². The summed E-state index contributed by atoms with van der Waals surface area (Å²) in [6, 6.07) is 41.8. The van der Waals surface area contributed by atoms with E-state index in [4.69, 9.17) is 13.8 Å². The number of benzene rings is 5. The van der Waals surface area contributed by atoms with E-state index in [0.717, 1.165) is 83.9 Å². The molecule has 9 aromatic rings. The van der Waals surface area contributed by atoms with Crippen LogP contribution in [-0.2, 0) is 26.5 Å². The van der Waals surface area contributed by atoms with Gasteiger partial charge in [-0.05, 0) is 64.7 Å². The molecule has 4 heterocycles. The van der Waals surface area contributed by atoms with E-state index in [2.05, 4.69) is 107 Å². The minimum Gasteiger partial charge on any atom is -0.501 e. The number of nitrogens with zero attached hydrogens (tertiary/aromatic N) is 2. The van der Waals surface area contributed by atoms with Crippen molar-refractivity contribution in [3.05, 3.63) is 151 Å². The Labute approximate surface area is 348 Å². The molecule has 0 aliphatic rings. The van der Waals surface area contributed by atoms with Crippen LogP contribution in [0.15, 0.2) is 130 Å². The van der Waals surface area contributed by atoms with Crippen molar-refractivity contribution in [1.82, 2.24) is 9.97 Å². The second-order valence-electron chi connectivity index (χ2n) is 16.3. The van der Waals surface area contributed by atoms with E-state index < -0.39 is 8.07 Å². The molecule has 0 fully saturated rings. The van der Waals surface area contributed by atoms with Crippen LogP contribution in [0.25, 0.3) is 77.5 Å². The van der Waals surface area contributed by atoms with Crippen molar-refractivity contribution in [2.75, 3.05) is 0 Å². The summed E-state index contributed by atoms with van der Waals surface area (Å²) in [7, 11) is -1.44. The molecular weight excluding hydrogens is 900 g/mol. The maximum absolute atomic E-state index is 13.4. The molecule has 0 N–H and O–H groups in total. The molecule has 0 atom stereocenters. The number of para-hydroxylation sites is 2. The minimum atomic E-state index is -1.44. The number of pyridine rings is 2. The third-order valence-corrected chi connectivity index (χ3v) is 12.4. The quantitative estimate of drug-likeness (QED) is 0.118. The van der Waals surface area contributed by atoms with Crippen molar-refractivity contribution in [3.63, 3.8) is 0 Å². The summed E-state index contributed by atoms with van der Waals surface area (Å²) in [5, 5.41) is 5.77. The Morgan fingerprint density at radius 3 is 1.98 bits per heavy atom. The van der Waals surface area contributed by atoms with Gasteiger partial charge in [-0.2, -0.15) is 0 Å². The van der Waals surface area contributed by atoms with E-state index in [1.54, 1.807) is 12.1 Å². The Morgan fingerprint density at radius 1 is 0.667 bits per heavy atom. The van der Waals surface area contributed by atoms with Gasteiger partial charge in [-0.15, -0.1) is 36.4 Å². The molecule has 9 rings (SSSR count). The van der Waals surface area contributed by atoms with Crippen LogP contribution in [0.4, 0.5) is 4.39 Å². The number of aromatic nitrogens is 2. The molecule has 0 amide bonds. The molecule has 0 aliphatic heterocycles. The SMILES string of the molecule is CC(C)Cc1cc(-c2[c-]ccc3c2oc2ccccc23)ncc1[Si](C)(C)C.CC(C)c1ccnc(-c2[c-]ccc3c2oc2c(-c4ccc(F)cc4)cccc23)c1.[Ir]. The van der Waals surface area contributed by atoms with Gasteiger partial charge in [0.15, 0.2) is 0 Å². The standard InChI is InChI=1S/C26H19FNO.C24H26NOSi.Ir/c1-16(2)18-13-14-28-24(15-18)23-8-4-7-22-21-6-3-5-20(25(21)29-26(22)23)17-9-11-19(27)12-10-17;1-16(2)13-17-14-21(25-15-23(17)27(3,4)5)20-11-8-10-19-18-9-6-7-12-22(18)26-24(19)20;/h3-7,9-16H,1-2H3;6-10,12,14-16H,13H2,1-5H3;/q2*-1;. The predicted octanol–water partition coefficient (Wildman–Crippen LogP) is 13.6. The first-order chi connectivity index (χ1) is 27.0. The Bertz CT molecular complexity index is 2850. The third kappa shape index (κ3) is 8.02. The molecular formula is C50H45FIrN2O2Si-2. The van der Waals surface area contributed by atoms with Crippen molar-refractivity contribution >= 4 is 57.1 Å². The van der Waals surface area contributed by atoms with E-state index in [1.807, 2.05) is 54.7 Å². The number of hydrogen-bond acceptors (Lipinski definition) is 4. The fourth-order valence-corrected chi connectivity index (χ4v) is 9.14. The van der Waals surface area contributed by atoms with Crippen molar-refractivity contribution in [1.29, 1.82) is 0 Å². The largest absolute Gasteiger partial charge is 0.501 e. The van der Waals surface area contributed by atoms with E-state index in [0.29, 0.717) is 11.8 Å². The van der Waals surface area contributed by atoms with Crippen molar-refractivity contribution in [2.45, 2.75) is 59.7 Å². The number of furan rings is 2. The second-order valence-corrected chi connectivity index (χ2v) is 21.3. The molecule has 57 heavy (non-hydrogen) atoms.